The number of nitrogens with one attached hydrogen (secondary N) is 2. The lowest BCUT2D eigenvalue weighted by molar-refractivity contribution is -0.119. The van der Waals surface area contributed by atoms with Crippen LogP contribution in [0.15, 0.2) is 0 Å². The predicted molar refractivity (Wildman–Crippen MR) is 85.1 cm³/mol. The highest BCUT2D eigenvalue weighted by molar-refractivity contribution is 5.95. The molecule has 1 unspecified atom stereocenters. The maximum Gasteiger partial charge on any atom is 0.227 e. The van der Waals surface area contributed by atoms with Gasteiger partial charge < -0.3 is 4.90 Å². The van der Waals surface area contributed by atoms with Gasteiger partial charge in [0.05, 0.1) is 22.8 Å². The smallest absolute Gasteiger partial charge is 0.227 e. The molecule has 3 heterocycles. The SMILES string of the molecule is Cc1n[nH]c(C)c1C(C)CC(=O)N1CCCc2n[nH]c(C)c21. The Bertz CT molecular complexity index is 680. The molecule has 3 rings (SSSR count). The fourth-order valence-corrected chi connectivity index (χ4v) is 3.53. The van der Waals surface area contributed by atoms with Gasteiger partial charge in [-0.15, -0.1) is 0 Å². The molecule has 0 fully saturated rings. The third-order valence-electron chi connectivity index (χ3n) is 4.51. The quantitative estimate of drug-likeness (QED) is 0.914. The van der Waals surface area contributed by atoms with E-state index in [2.05, 4.69) is 27.3 Å². The summed E-state index contributed by atoms with van der Waals surface area (Å²) in [5, 5.41) is 14.6. The minimum atomic E-state index is 0.156. The van der Waals surface area contributed by atoms with Crippen LogP contribution in [0.4, 0.5) is 5.69 Å². The van der Waals surface area contributed by atoms with Crippen molar-refractivity contribution in [3.05, 3.63) is 28.3 Å². The Morgan fingerprint density at radius 3 is 2.64 bits per heavy atom. The molecule has 22 heavy (non-hydrogen) atoms. The summed E-state index contributed by atoms with van der Waals surface area (Å²) in [5.41, 5.74) is 6.18. The summed E-state index contributed by atoms with van der Waals surface area (Å²) in [6.45, 7) is 8.85. The van der Waals surface area contributed by atoms with Crippen molar-refractivity contribution >= 4 is 11.6 Å². The van der Waals surface area contributed by atoms with Crippen molar-refractivity contribution < 1.29 is 4.79 Å². The number of aryl methyl sites for hydroxylation is 4. The summed E-state index contributed by atoms with van der Waals surface area (Å²) in [6, 6.07) is 0. The van der Waals surface area contributed by atoms with Gasteiger partial charge in [0.15, 0.2) is 0 Å². The number of rotatable bonds is 3. The van der Waals surface area contributed by atoms with Crippen LogP contribution in [-0.2, 0) is 11.2 Å². The van der Waals surface area contributed by atoms with Gasteiger partial charge in [-0.05, 0) is 45.1 Å². The minimum Gasteiger partial charge on any atom is -0.309 e. The highest BCUT2D eigenvalue weighted by Crippen LogP contribution is 2.31. The van der Waals surface area contributed by atoms with E-state index >= 15 is 0 Å². The molecule has 0 spiro atoms. The molecule has 0 aromatic carbocycles. The standard InChI is InChI=1S/C16H23N5O/c1-9(15-10(2)17-18-11(15)3)8-14(22)21-7-5-6-13-16(21)12(4)19-20-13/h9H,5-8H2,1-4H3,(H,17,18)(H,19,20). The Morgan fingerprint density at radius 2 is 1.95 bits per heavy atom. The van der Waals surface area contributed by atoms with Crippen molar-refractivity contribution in [1.29, 1.82) is 0 Å². The van der Waals surface area contributed by atoms with Gasteiger partial charge in [0.1, 0.15) is 0 Å². The fraction of sp³-hybridized carbons (Fsp3) is 0.562. The van der Waals surface area contributed by atoms with Gasteiger partial charge in [-0.3, -0.25) is 15.0 Å². The molecule has 1 aliphatic heterocycles. The summed E-state index contributed by atoms with van der Waals surface area (Å²) in [7, 11) is 0. The maximum absolute atomic E-state index is 12.8. The van der Waals surface area contributed by atoms with Gasteiger partial charge in [0.2, 0.25) is 5.91 Å². The van der Waals surface area contributed by atoms with Crippen LogP contribution in [0.5, 0.6) is 0 Å². The molecule has 0 saturated heterocycles. The van der Waals surface area contributed by atoms with Gasteiger partial charge in [-0.1, -0.05) is 6.92 Å². The largest absolute Gasteiger partial charge is 0.309 e. The zero-order chi connectivity index (χ0) is 15.9. The molecular formula is C16H23N5O. The number of hydrogen-bond donors (Lipinski definition) is 2. The van der Waals surface area contributed by atoms with Crippen molar-refractivity contribution in [3.8, 4) is 0 Å². The molecule has 0 saturated carbocycles. The number of carbonyl (C=O) groups is 1. The summed E-state index contributed by atoms with van der Waals surface area (Å²) >= 11 is 0. The van der Waals surface area contributed by atoms with Gasteiger partial charge in [-0.2, -0.15) is 10.2 Å². The van der Waals surface area contributed by atoms with Crippen LogP contribution in [-0.4, -0.2) is 32.8 Å². The molecule has 0 bridgehead atoms. The van der Waals surface area contributed by atoms with Crippen molar-refractivity contribution in [3.63, 3.8) is 0 Å². The average Bonchev–Trinajstić information content (AvgIpc) is 3.02. The molecule has 0 aliphatic carbocycles. The number of nitrogens with zero attached hydrogens (tertiary/aromatic N) is 3. The van der Waals surface area contributed by atoms with Crippen LogP contribution in [0.3, 0.4) is 0 Å². The van der Waals surface area contributed by atoms with Gasteiger partial charge in [0, 0.05) is 18.7 Å². The Morgan fingerprint density at radius 1 is 1.23 bits per heavy atom. The molecule has 2 aromatic heterocycles. The summed E-state index contributed by atoms with van der Waals surface area (Å²) in [6.07, 6.45) is 2.41. The molecule has 118 valence electrons. The van der Waals surface area contributed by atoms with Crippen LogP contribution < -0.4 is 4.90 Å². The fourth-order valence-electron chi connectivity index (χ4n) is 3.53. The van der Waals surface area contributed by atoms with Gasteiger partial charge >= 0.3 is 0 Å². The summed E-state index contributed by atoms with van der Waals surface area (Å²) < 4.78 is 0. The first-order valence-corrected chi connectivity index (χ1v) is 7.84. The molecular weight excluding hydrogens is 278 g/mol. The van der Waals surface area contributed by atoms with E-state index in [4.69, 9.17) is 0 Å². The second-order valence-corrected chi connectivity index (χ2v) is 6.25. The Hall–Kier alpha value is -2.11. The second-order valence-electron chi connectivity index (χ2n) is 6.25. The number of aromatic amines is 2. The van der Waals surface area contributed by atoms with Crippen molar-refractivity contribution in [2.24, 2.45) is 0 Å². The first kappa shape index (κ1) is 14.8. The monoisotopic (exact) mass is 301 g/mol. The Balaban J connectivity index is 1.80. The lowest BCUT2D eigenvalue weighted by Crippen LogP contribution is -2.36. The van der Waals surface area contributed by atoms with Gasteiger partial charge in [0.25, 0.3) is 0 Å². The first-order valence-electron chi connectivity index (χ1n) is 7.84. The highest BCUT2D eigenvalue weighted by atomic mass is 16.2. The van der Waals surface area contributed by atoms with E-state index in [1.165, 1.54) is 0 Å². The third-order valence-corrected chi connectivity index (χ3v) is 4.51. The number of hydrogen-bond acceptors (Lipinski definition) is 3. The predicted octanol–water partition coefficient (Wildman–Crippen LogP) is 2.53. The number of carbonyl (C=O) groups excluding carboxylic acids is 1. The van der Waals surface area contributed by atoms with Crippen LogP contribution in [0, 0.1) is 20.8 Å². The van der Waals surface area contributed by atoms with E-state index in [1.54, 1.807) is 0 Å². The summed E-state index contributed by atoms with van der Waals surface area (Å²) in [4.78, 5) is 14.7. The molecule has 2 N–H and O–H groups in total. The maximum atomic E-state index is 12.8. The van der Waals surface area contributed by atoms with E-state index in [0.717, 1.165) is 53.4 Å². The van der Waals surface area contributed by atoms with Crippen LogP contribution >= 0.6 is 0 Å². The molecule has 6 heteroatoms. The van der Waals surface area contributed by atoms with Crippen molar-refractivity contribution in [2.45, 2.75) is 52.9 Å². The highest BCUT2D eigenvalue weighted by Gasteiger charge is 2.28. The first-order chi connectivity index (χ1) is 10.5. The normalized spacial score (nSPS) is 15.7. The van der Waals surface area contributed by atoms with E-state index in [9.17, 15) is 4.79 Å². The second kappa shape index (κ2) is 5.59. The van der Waals surface area contributed by atoms with E-state index in [0.29, 0.717) is 6.42 Å². The van der Waals surface area contributed by atoms with Crippen molar-refractivity contribution in [2.75, 3.05) is 11.4 Å². The van der Waals surface area contributed by atoms with E-state index < -0.39 is 0 Å². The molecule has 1 atom stereocenters. The lowest BCUT2D eigenvalue weighted by atomic mass is 9.94. The van der Waals surface area contributed by atoms with Gasteiger partial charge in [-0.25, -0.2) is 0 Å². The van der Waals surface area contributed by atoms with Crippen LogP contribution in [0.2, 0.25) is 0 Å². The average molecular weight is 301 g/mol. The molecule has 6 nitrogen and oxygen atoms in total. The minimum absolute atomic E-state index is 0.156. The summed E-state index contributed by atoms with van der Waals surface area (Å²) in [5.74, 6) is 0.321. The van der Waals surface area contributed by atoms with E-state index in [-0.39, 0.29) is 11.8 Å². The molecule has 1 aliphatic rings. The van der Waals surface area contributed by atoms with Crippen LogP contribution in [0.1, 0.15) is 54.0 Å². The molecule has 0 radical (unpaired) electrons. The number of H-pyrrole nitrogens is 2. The van der Waals surface area contributed by atoms with E-state index in [1.807, 2.05) is 25.7 Å². The Labute approximate surface area is 130 Å². The lowest BCUT2D eigenvalue weighted by Gasteiger charge is -2.28. The number of aromatic nitrogens is 4. The number of fused-ring (bicyclic) bond motifs is 1. The zero-order valence-electron chi connectivity index (χ0n) is 13.7. The van der Waals surface area contributed by atoms with Crippen molar-refractivity contribution in [1.82, 2.24) is 20.4 Å². The zero-order valence-corrected chi connectivity index (χ0v) is 13.7. The van der Waals surface area contributed by atoms with Crippen LogP contribution in [0.25, 0.3) is 0 Å². The molecule has 2 aromatic rings. The number of amides is 1. The molecule has 1 amide bonds. The number of anilines is 1. The third kappa shape index (κ3) is 2.42. The topological polar surface area (TPSA) is 77.7 Å². The Kier molecular flexibility index (Phi) is 3.76.